The maximum Gasteiger partial charge on any atom is 0.0563 e. The first-order chi connectivity index (χ1) is 6.77. The minimum atomic E-state index is -0.508. The molecule has 0 aromatic carbocycles. The summed E-state index contributed by atoms with van der Waals surface area (Å²) in [6.45, 7) is 12.6. The van der Waals surface area contributed by atoms with Gasteiger partial charge < -0.3 is 10.0 Å². The lowest BCUT2D eigenvalue weighted by molar-refractivity contribution is -0.200. The summed E-state index contributed by atoms with van der Waals surface area (Å²) in [6.07, 6.45) is 2.04. The van der Waals surface area contributed by atoms with Crippen molar-refractivity contribution in [3.8, 4) is 0 Å². The molecule has 0 aliphatic carbocycles. The Bertz CT molecular complexity index is 194. The van der Waals surface area contributed by atoms with Crippen LogP contribution in [0, 0.1) is 16.5 Å². The molecule has 0 aromatic heterocycles. The van der Waals surface area contributed by atoms with Gasteiger partial charge in [-0.2, -0.15) is 0 Å². The van der Waals surface area contributed by atoms with Crippen molar-refractivity contribution >= 4 is 0 Å². The Hall–Kier alpha value is -0.120. The smallest absolute Gasteiger partial charge is 0.0563 e. The van der Waals surface area contributed by atoms with E-state index in [-0.39, 0.29) is 5.41 Å². The lowest BCUT2D eigenvalue weighted by atomic mass is 9.63. The van der Waals surface area contributed by atoms with Crippen LogP contribution in [-0.4, -0.2) is 17.9 Å². The van der Waals surface area contributed by atoms with Crippen molar-refractivity contribution in [2.75, 3.05) is 7.11 Å². The molecule has 0 aliphatic rings. The second-order valence-electron chi connectivity index (χ2n) is 5.08. The van der Waals surface area contributed by atoms with E-state index < -0.39 is 5.54 Å². The minimum absolute atomic E-state index is 0.0422. The Labute approximate surface area is 94.3 Å². The molecule has 0 bridgehead atoms. The quantitative estimate of drug-likeness (QED) is 0.636. The van der Waals surface area contributed by atoms with Crippen LogP contribution in [0.25, 0.3) is 0 Å². The fourth-order valence-electron chi connectivity index (χ4n) is 2.27. The first-order valence-electron chi connectivity index (χ1n) is 5.79. The zero-order chi connectivity index (χ0) is 12.3. The molecule has 15 heavy (non-hydrogen) atoms. The standard InChI is InChI=1S/C12H26NO2/c1-8-10(3)12(6,9-2)11(4,5)13(14)15-7/h10H,8-9H2,1-7H3/q-1. The summed E-state index contributed by atoms with van der Waals surface area (Å²) in [6, 6.07) is 0. The Kier molecular flexibility index (Phi) is 5.24. The zero-order valence-corrected chi connectivity index (χ0v) is 11.3. The first-order valence-corrected chi connectivity index (χ1v) is 5.79. The Balaban J connectivity index is 5.08. The number of rotatable bonds is 6. The average Bonchev–Trinajstić information content (AvgIpc) is 2.24. The van der Waals surface area contributed by atoms with Gasteiger partial charge in [0.2, 0.25) is 0 Å². The maximum absolute atomic E-state index is 11.8. The molecule has 0 saturated carbocycles. The van der Waals surface area contributed by atoms with E-state index in [0.717, 1.165) is 18.1 Å². The molecule has 2 atom stereocenters. The van der Waals surface area contributed by atoms with Gasteiger partial charge in [0.1, 0.15) is 0 Å². The Morgan fingerprint density at radius 3 is 2.00 bits per heavy atom. The van der Waals surface area contributed by atoms with Gasteiger partial charge in [-0.3, -0.25) is 5.23 Å². The number of hydroxylamine groups is 2. The van der Waals surface area contributed by atoms with Crippen molar-refractivity contribution in [3.05, 3.63) is 5.21 Å². The molecular formula is C12H26NO2-. The molecule has 0 heterocycles. The molecule has 2 unspecified atom stereocenters. The van der Waals surface area contributed by atoms with Crippen LogP contribution in [0.2, 0.25) is 0 Å². The van der Waals surface area contributed by atoms with E-state index in [9.17, 15) is 5.21 Å². The minimum Gasteiger partial charge on any atom is -0.762 e. The topological polar surface area (TPSA) is 35.5 Å². The summed E-state index contributed by atoms with van der Waals surface area (Å²) in [5, 5.41) is 12.5. The molecule has 0 aliphatic heterocycles. The monoisotopic (exact) mass is 216 g/mol. The third-order valence-electron chi connectivity index (χ3n) is 4.45. The van der Waals surface area contributed by atoms with Gasteiger partial charge in [-0.1, -0.05) is 34.1 Å². The first kappa shape index (κ1) is 14.9. The highest BCUT2D eigenvalue weighted by Gasteiger charge is 2.44. The van der Waals surface area contributed by atoms with E-state index in [1.54, 1.807) is 0 Å². The van der Waals surface area contributed by atoms with Gasteiger partial charge in [0.15, 0.2) is 0 Å². The molecule has 3 nitrogen and oxygen atoms in total. The molecular weight excluding hydrogens is 190 g/mol. The van der Waals surface area contributed by atoms with Crippen LogP contribution < -0.4 is 0 Å². The van der Waals surface area contributed by atoms with E-state index in [1.807, 2.05) is 13.8 Å². The zero-order valence-electron chi connectivity index (χ0n) is 11.3. The number of hydrogen-bond acceptors (Lipinski definition) is 3. The maximum atomic E-state index is 11.8. The van der Waals surface area contributed by atoms with Crippen molar-refractivity contribution in [2.24, 2.45) is 11.3 Å². The Morgan fingerprint density at radius 1 is 1.27 bits per heavy atom. The molecule has 0 N–H and O–H groups in total. The summed E-state index contributed by atoms with van der Waals surface area (Å²) in [7, 11) is 1.43. The largest absolute Gasteiger partial charge is 0.762 e. The van der Waals surface area contributed by atoms with Crippen LogP contribution in [0.5, 0.6) is 0 Å². The molecule has 0 rings (SSSR count). The molecule has 0 fully saturated rings. The molecule has 0 amide bonds. The summed E-state index contributed by atoms with van der Waals surface area (Å²) in [4.78, 5) is 4.84. The van der Waals surface area contributed by atoms with Crippen molar-refractivity contribution in [3.63, 3.8) is 0 Å². The summed E-state index contributed by atoms with van der Waals surface area (Å²) < 4.78 is 0. The van der Waals surface area contributed by atoms with Crippen LogP contribution in [0.1, 0.15) is 54.4 Å². The highest BCUT2D eigenvalue weighted by molar-refractivity contribution is 4.97. The third kappa shape index (κ3) is 2.52. The summed E-state index contributed by atoms with van der Waals surface area (Å²) >= 11 is 0. The van der Waals surface area contributed by atoms with E-state index in [2.05, 4.69) is 27.7 Å². The summed E-state index contributed by atoms with van der Waals surface area (Å²) in [5.41, 5.74) is -0.550. The average molecular weight is 216 g/mol. The van der Waals surface area contributed by atoms with Gasteiger partial charge in [0.25, 0.3) is 0 Å². The fraction of sp³-hybridized carbons (Fsp3) is 1.00. The van der Waals surface area contributed by atoms with E-state index in [0.29, 0.717) is 5.92 Å². The predicted octanol–water partition coefficient (Wildman–Crippen LogP) is 3.59. The van der Waals surface area contributed by atoms with Gasteiger partial charge in [0, 0.05) is 5.54 Å². The molecule has 3 heteroatoms. The Morgan fingerprint density at radius 2 is 1.73 bits per heavy atom. The molecule has 0 aromatic rings. The third-order valence-corrected chi connectivity index (χ3v) is 4.45. The van der Waals surface area contributed by atoms with Crippen molar-refractivity contribution in [2.45, 2.75) is 59.9 Å². The number of nitrogens with zero attached hydrogens (tertiary/aromatic N) is 1. The normalized spacial score (nSPS) is 19.0. The van der Waals surface area contributed by atoms with Crippen molar-refractivity contribution in [1.29, 1.82) is 0 Å². The van der Waals surface area contributed by atoms with Gasteiger partial charge in [-0.25, -0.2) is 0 Å². The summed E-state index contributed by atoms with van der Waals surface area (Å²) in [5.74, 6) is 0.490. The van der Waals surface area contributed by atoms with Crippen molar-refractivity contribution in [1.82, 2.24) is 5.23 Å². The molecule has 92 valence electrons. The van der Waals surface area contributed by atoms with E-state index in [1.165, 1.54) is 7.11 Å². The van der Waals surface area contributed by atoms with Gasteiger partial charge >= 0.3 is 0 Å². The highest BCUT2D eigenvalue weighted by Crippen LogP contribution is 2.45. The van der Waals surface area contributed by atoms with Gasteiger partial charge in [0.05, 0.1) is 7.11 Å². The van der Waals surface area contributed by atoms with E-state index in [4.69, 9.17) is 4.84 Å². The van der Waals surface area contributed by atoms with Gasteiger partial charge in [-0.05, 0) is 31.6 Å². The van der Waals surface area contributed by atoms with Crippen molar-refractivity contribution < 1.29 is 4.84 Å². The second kappa shape index (κ2) is 5.28. The molecule has 0 saturated heterocycles. The second-order valence-corrected chi connectivity index (χ2v) is 5.08. The van der Waals surface area contributed by atoms with Crippen LogP contribution >= 0.6 is 0 Å². The highest BCUT2D eigenvalue weighted by atomic mass is 16.9. The van der Waals surface area contributed by atoms with Crippen LogP contribution in [0.4, 0.5) is 0 Å². The lowest BCUT2D eigenvalue weighted by Gasteiger charge is -2.55. The predicted molar refractivity (Wildman–Crippen MR) is 64.1 cm³/mol. The SMILES string of the molecule is CCC(C)C(C)(CC)C(C)(C)N([O-])OC. The van der Waals surface area contributed by atoms with Gasteiger partial charge in [-0.15, -0.1) is 0 Å². The lowest BCUT2D eigenvalue weighted by Crippen LogP contribution is -2.54. The molecule has 0 radical (unpaired) electrons. The van der Waals surface area contributed by atoms with Crippen LogP contribution in [-0.2, 0) is 4.84 Å². The van der Waals surface area contributed by atoms with Crippen LogP contribution in [0.15, 0.2) is 0 Å². The molecule has 0 spiro atoms. The fourth-order valence-corrected chi connectivity index (χ4v) is 2.27. The van der Waals surface area contributed by atoms with Crippen LogP contribution in [0.3, 0.4) is 0 Å². The number of hydrogen-bond donors (Lipinski definition) is 0. The van der Waals surface area contributed by atoms with E-state index >= 15 is 0 Å².